The lowest BCUT2D eigenvalue weighted by molar-refractivity contribution is -0.150. The lowest BCUT2D eigenvalue weighted by atomic mass is 9.95. The summed E-state index contributed by atoms with van der Waals surface area (Å²) in [6, 6.07) is 4.57. The first kappa shape index (κ1) is 22.7. The summed E-state index contributed by atoms with van der Waals surface area (Å²) < 4.78 is 38.1. The van der Waals surface area contributed by atoms with Gasteiger partial charge in [-0.3, -0.25) is 0 Å². The molecule has 7 nitrogen and oxygen atoms in total. The molecule has 1 aromatic rings. The van der Waals surface area contributed by atoms with Crippen molar-refractivity contribution >= 4 is 28.4 Å². The maximum Gasteiger partial charge on any atom is 0.347 e. The summed E-state index contributed by atoms with van der Waals surface area (Å²) in [5.74, 6) is 0.0623. The number of carbonyl (C=O) groups excluding carboxylic acids is 1. The molecule has 0 fully saturated rings. The van der Waals surface area contributed by atoms with E-state index in [1.807, 2.05) is 13.8 Å². The Balaban J connectivity index is 0.00000338. The maximum absolute atomic E-state index is 12.5. The smallest absolute Gasteiger partial charge is 0.347 e. The van der Waals surface area contributed by atoms with Crippen molar-refractivity contribution in [3.05, 3.63) is 23.8 Å². The normalized spacial score (nSPS) is 16.4. The van der Waals surface area contributed by atoms with Crippen molar-refractivity contribution in [2.45, 2.75) is 56.6 Å². The number of esters is 1. The van der Waals surface area contributed by atoms with Gasteiger partial charge in [-0.1, -0.05) is 13.8 Å². The van der Waals surface area contributed by atoms with Gasteiger partial charge >= 0.3 is 5.97 Å². The molecule has 0 saturated heterocycles. The predicted molar refractivity (Wildman–Crippen MR) is 101 cm³/mol. The Kier molecular flexibility index (Phi) is 7.88. The van der Waals surface area contributed by atoms with Crippen LogP contribution in [-0.2, 0) is 26.0 Å². The van der Waals surface area contributed by atoms with E-state index in [9.17, 15) is 13.2 Å². The minimum Gasteiger partial charge on any atom is -0.478 e. The Hall–Kier alpha value is -1.35. The number of hydrogen-bond acceptors (Lipinski definition) is 6. The highest BCUT2D eigenvalue weighted by atomic mass is 35.5. The third-order valence-electron chi connectivity index (χ3n) is 4.59. The summed E-state index contributed by atoms with van der Waals surface area (Å²) in [5.41, 5.74) is 6.26. The molecule has 1 heterocycles. The number of carbonyl (C=O) groups is 1. The topological polar surface area (TPSA) is 108 Å². The zero-order valence-electron chi connectivity index (χ0n) is 15.3. The first-order chi connectivity index (χ1) is 11.7. The molecule has 9 heteroatoms. The zero-order valence-corrected chi connectivity index (χ0v) is 16.9. The Morgan fingerprint density at radius 2 is 2.00 bits per heavy atom. The highest BCUT2D eigenvalue weighted by Crippen LogP contribution is 2.31. The van der Waals surface area contributed by atoms with Crippen LogP contribution in [0.1, 0.15) is 39.2 Å². The van der Waals surface area contributed by atoms with E-state index in [1.54, 1.807) is 13.0 Å². The lowest BCUT2D eigenvalue weighted by Gasteiger charge is -2.26. The van der Waals surface area contributed by atoms with Crippen molar-refractivity contribution in [2.75, 3.05) is 13.2 Å². The quantitative estimate of drug-likeness (QED) is 0.637. The van der Waals surface area contributed by atoms with Gasteiger partial charge < -0.3 is 15.2 Å². The highest BCUT2D eigenvalue weighted by Gasteiger charge is 2.32. The fourth-order valence-electron chi connectivity index (χ4n) is 2.58. The number of benzene rings is 1. The van der Waals surface area contributed by atoms with Crippen LogP contribution >= 0.6 is 12.4 Å². The highest BCUT2D eigenvalue weighted by molar-refractivity contribution is 7.89. The number of fused-ring (bicyclic) bond motifs is 1. The molecule has 1 aliphatic rings. The van der Waals surface area contributed by atoms with Crippen molar-refractivity contribution in [2.24, 2.45) is 5.73 Å². The maximum atomic E-state index is 12.5. The summed E-state index contributed by atoms with van der Waals surface area (Å²) in [6.45, 7) is 6.02. The summed E-state index contributed by atoms with van der Waals surface area (Å²) in [6.07, 6.45) is 0.913. The van der Waals surface area contributed by atoms with Crippen LogP contribution in [0, 0.1) is 0 Å². The van der Waals surface area contributed by atoms with E-state index in [-0.39, 0.29) is 30.5 Å². The van der Waals surface area contributed by atoms with E-state index in [4.69, 9.17) is 15.2 Å². The van der Waals surface area contributed by atoms with Gasteiger partial charge in [-0.15, -0.1) is 12.4 Å². The minimum absolute atomic E-state index is 0. The molecule has 0 saturated carbocycles. The third-order valence-corrected chi connectivity index (χ3v) is 5.99. The van der Waals surface area contributed by atoms with Crippen molar-refractivity contribution < 1.29 is 22.7 Å². The molecular formula is C17H27ClN2O5S. The third kappa shape index (κ3) is 5.09. The van der Waals surface area contributed by atoms with Gasteiger partial charge in [0.05, 0.1) is 11.5 Å². The van der Waals surface area contributed by atoms with Crippen molar-refractivity contribution in [3.63, 3.8) is 0 Å². The molecule has 1 aliphatic heterocycles. The van der Waals surface area contributed by atoms with Gasteiger partial charge in [0.2, 0.25) is 10.0 Å². The minimum atomic E-state index is -3.68. The van der Waals surface area contributed by atoms with Crippen molar-refractivity contribution in [3.8, 4) is 5.75 Å². The van der Waals surface area contributed by atoms with Crippen LogP contribution in [0.15, 0.2) is 23.1 Å². The average Bonchev–Trinajstić information content (AvgIpc) is 3.03. The second kappa shape index (κ2) is 9.03. The van der Waals surface area contributed by atoms with E-state index >= 15 is 0 Å². The van der Waals surface area contributed by atoms with Crippen LogP contribution in [0.4, 0.5) is 0 Å². The molecule has 0 spiro atoms. The van der Waals surface area contributed by atoms with Crippen LogP contribution in [0.2, 0.25) is 0 Å². The summed E-state index contributed by atoms with van der Waals surface area (Å²) in [7, 11) is -3.68. The molecule has 0 aromatic heterocycles. The van der Waals surface area contributed by atoms with Crippen molar-refractivity contribution in [1.29, 1.82) is 0 Å². The molecule has 2 rings (SSSR count). The van der Waals surface area contributed by atoms with Crippen LogP contribution in [0.5, 0.6) is 5.75 Å². The van der Waals surface area contributed by atoms with Gasteiger partial charge in [0, 0.05) is 18.5 Å². The second-order valence-electron chi connectivity index (χ2n) is 6.23. The van der Waals surface area contributed by atoms with Crippen LogP contribution in [0.25, 0.3) is 0 Å². The van der Waals surface area contributed by atoms with Gasteiger partial charge in [-0.05, 0) is 43.5 Å². The lowest BCUT2D eigenvalue weighted by Crippen LogP contribution is -2.49. The molecule has 1 aromatic carbocycles. The molecule has 1 unspecified atom stereocenters. The molecule has 1 atom stereocenters. The SMILES string of the molecule is CCOC(=O)C1Cc2cc(S(=O)(=O)NCC(N)(CC)CC)ccc2O1.Cl. The Labute approximate surface area is 161 Å². The molecule has 0 amide bonds. The summed E-state index contributed by atoms with van der Waals surface area (Å²) >= 11 is 0. The molecule has 3 N–H and O–H groups in total. The van der Waals surface area contributed by atoms with Crippen LogP contribution in [0.3, 0.4) is 0 Å². The van der Waals surface area contributed by atoms with E-state index in [1.165, 1.54) is 12.1 Å². The fourth-order valence-corrected chi connectivity index (χ4v) is 3.77. The van der Waals surface area contributed by atoms with E-state index in [0.717, 1.165) is 0 Å². The molecule has 0 bridgehead atoms. The monoisotopic (exact) mass is 406 g/mol. The summed E-state index contributed by atoms with van der Waals surface area (Å²) in [4.78, 5) is 11.9. The average molecular weight is 407 g/mol. The molecule has 0 aliphatic carbocycles. The first-order valence-corrected chi connectivity index (χ1v) is 9.97. The Morgan fingerprint density at radius 3 is 2.58 bits per heavy atom. The van der Waals surface area contributed by atoms with Crippen molar-refractivity contribution in [1.82, 2.24) is 4.72 Å². The second-order valence-corrected chi connectivity index (χ2v) is 7.99. The largest absolute Gasteiger partial charge is 0.478 e. The van der Waals surface area contributed by atoms with Crippen LogP contribution in [-0.4, -0.2) is 39.2 Å². The van der Waals surface area contributed by atoms with E-state index in [2.05, 4.69) is 4.72 Å². The molecule has 148 valence electrons. The first-order valence-electron chi connectivity index (χ1n) is 8.49. The van der Waals surface area contributed by atoms with Gasteiger partial charge in [0.15, 0.2) is 6.10 Å². The predicted octanol–water partition coefficient (Wildman–Crippen LogP) is 1.77. The van der Waals surface area contributed by atoms with Gasteiger partial charge in [-0.2, -0.15) is 0 Å². The number of halogens is 1. The van der Waals surface area contributed by atoms with Gasteiger partial charge in [0.1, 0.15) is 5.75 Å². The molecule has 26 heavy (non-hydrogen) atoms. The summed E-state index contributed by atoms with van der Waals surface area (Å²) in [5, 5.41) is 0. The van der Waals surface area contributed by atoms with E-state index in [0.29, 0.717) is 30.6 Å². The number of rotatable bonds is 8. The number of nitrogens with one attached hydrogen (secondary N) is 1. The Bertz CT molecular complexity index is 735. The van der Waals surface area contributed by atoms with E-state index < -0.39 is 27.6 Å². The number of sulfonamides is 1. The molecule has 0 radical (unpaired) electrons. The Morgan fingerprint density at radius 1 is 1.35 bits per heavy atom. The van der Waals surface area contributed by atoms with Crippen LogP contribution < -0.4 is 15.2 Å². The van der Waals surface area contributed by atoms with Gasteiger partial charge in [0.25, 0.3) is 0 Å². The van der Waals surface area contributed by atoms with Gasteiger partial charge in [-0.25, -0.2) is 17.9 Å². The number of ether oxygens (including phenoxy) is 2. The number of hydrogen-bond donors (Lipinski definition) is 2. The molecular weight excluding hydrogens is 380 g/mol. The number of nitrogens with two attached hydrogens (primary N) is 1. The fraction of sp³-hybridized carbons (Fsp3) is 0.588. The standard InChI is InChI=1S/C17H26N2O5S.ClH/c1-4-17(18,5-2)11-19-25(21,22)13-7-8-14-12(9-13)10-15(24-14)16(20)23-6-3;/h7-9,15,19H,4-6,10-11,18H2,1-3H3;1H. The zero-order chi connectivity index (χ0) is 18.7.